The highest BCUT2D eigenvalue weighted by atomic mass is 16.5. The topological polar surface area (TPSA) is 72.4 Å². The van der Waals surface area contributed by atoms with Gasteiger partial charge < -0.3 is 13.8 Å². The minimum atomic E-state index is -0.0151. The van der Waals surface area contributed by atoms with E-state index < -0.39 is 0 Å². The molecule has 128 valence electrons. The molecule has 3 aromatic rings. The molecule has 0 bridgehead atoms. The number of likely N-dealkylation sites (tertiary alicyclic amines) is 1. The van der Waals surface area contributed by atoms with Crippen molar-refractivity contribution in [2.75, 3.05) is 6.54 Å². The average molecular weight is 337 g/mol. The van der Waals surface area contributed by atoms with E-state index in [2.05, 4.69) is 10.1 Å². The van der Waals surface area contributed by atoms with Gasteiger partial charge in [0.05, 0.1) is 5.92 Å². The van der Waals surface area contributed by atoms with Gasteiger partial charge in [-0.2, -0.15) is 4.98 Å². The zero-order valence-corrected chi connectivity index (χ0v) is 13.9. The van der Waals surface area contributed by atoms with Crippen LogP contribution in [0.2, 0.25) is 0 Å². The Kier molecular flexibility index (Phi) is 3.36. The highest BCUT2D eigenvalue weighted by Crippen LogP contribution is 2.34. The predicted octanol–water partition coefficient (Wildman–Crippen LogP) is 3.74. The van der Waals surface area contributed by atoms with Crippen LogP contribution in [0.3, 0.4) is 0 Å². The number of fused-ring (bicyclic) bond motifs is 1. The molecular weight excluding hydrogens is 318 g/mol. The predicted molar refractivity (Wildman–Crippen MR) is 90.8 cm³/mol. The summed E-state index contributed by atoms with van der Waals surface area (Å²) in [6, 6.07) is 10.1. The first-order valence-electron chi connectivity index (χ1n) is 8.90. The highest BCUT2D eigenvalue weighted by molar-refractivity contribution is 5.81. The molecule has 1 atom stereocenters. The minimum Gasteiger partial charge on any atom is -0.453 e. The van der Waals surface area contributed by atoms with Gasteiger partial charge in [0.15, 0.2) is 5.76 Å². The number of carbonyl (C=O) groups is 1. The van der Waals surface area contributed by atoms with E-state index in [0.29, 0.717) is 36.5 Å². The lowest BCUT2D eigenvalue weighted by Crippen LogP contribution is -2.34. The van der Waals surface area contributed by atoms with Crippen molar-refractivity contribution in [1.82, 2.24) is 15.0 Å². The van der Waals surface area contributed by atoms with Crippen LogP contribution in [0.1, 0.15) is 43.9 Å². The fourth-order valence-electron chi connectivity index (χ4n) is 4.06. The third-order valence-corrected chi connectivity index (χ3v) is 5.36. The standard InChI is InChI=1S/C19H19N3O3/c23-17-10-13(11-22(17)14-6-2-3-7-14)19-20-18(21-25-19)16-9-12-5-1-4-8-15(12)24-16/h1,4-5,8-9,13-14H,2-3,6-7,10-11H2/t13-/m1/s1. The second kappa shape index (κ2) is 5.72. The van der Waals surface area contributed by atoms with E-state index in [0.717, 1.165) is 23.8 Å². The van der Waals surface area contributed by atoms with Crippen LogP contribution in [0.4, 0.5) is 0 Å². The second-order valence-corrected chi connectivity index (χ2v) is 6.99. The Morgan fingerprint density at radius 3 is 2.84 bits per heavy atom. The normalized spacial score (nSPS) is 21.7. The van der Waals surface area contributed by atoms with Gasteiger partial charge in [-0.3, -0.25) is 4.79 Å². The molecule has 2 aliphatic rings. The van der Waals surface area contributed by atoms with Crippen molar-refractivity contribution in [3.8, 4) is 11.6 Å². The summed E-state index contributed by atoms with van der Waals surface area (Å²) in [5, 5.41) is 5.07. The Bertz CT molecular complexity index is 890. The molecule has 1 saturated carbocycles. The SMILES string of the molecule is O=C1C[C@@H](c2nc(-c3cc4ccccc4o3)no2)CN1C1CCCC1. The molecule has 1 aliphatic heterocycles. The summed E-state index contributed by atoms with van der Waals surface area (Å²) in [5.41, 5.74) is 0.798. The number of amides is 1. The first-order valence-corrected chi connectivity index (χ1v) is 8.90. The molecule has 6 heteroatoms. The summed E-state index contributed by atoms with van der Waals surface area (Å²) in [5.74, 6) is 1.76. The number of rotatable bonds is 3. The molecule has 1 aliphatic carbocycles. The van der Waals surface area contributed by atoms with Crippen LogP contribution in [0.15, 0.2) is 39.3 Å². The van der Waals surface area contributed by atoms with Crippen LogP contribution in [0, 0.1) is 0 Å². The lowest BCUT2D eigenvalue weighted by atomic mass is 10.1. The molecule has 1 aromatic carbocycles. The molecule has 0 N–H and O–H groups in total. The van der Waals surface area contributed by atoms with Crippen molar-refractivity contribution in [2.24, 2.45) is 0 Å². The Hall–Kier alpha value is -2.63. The Morgan fingerprint density at radius 1 is 1.16 bits per heavy atom. The van der Waals surface area contributed by atoms with Crippen LogP contribution in [-0.2, 0) is 4.79 Å². The largest absolute Gasteiger partial charge is 0.453 e. The van der Waals surface area contributed by atoms with E-state index in [9.17, 15) is 4.79 Å². The number of furan rings is 1. The molecule has 1 saturated heterocycles. The van der Waals surface area contributed by atoms with E-state index in [1.165, 1.54) is 12.8 Å². The first kappa shape index (κ1) is 14.7. The van der Waals surface area contributed by atoms with Gasteiger partial charge in [0.1, 0.15) is 5.58 Å². The van der Waals surface area contributed by atoms with E-state index in [4.69, 9.17) is 8.94 Å². The molecule has 2 fully saturated rings. The zero-order chi connectivity index (χ0) is 16.8. The maximum absolute atomic E-state index is 12.4. The number of benzene rings is 1. The number of aromatic nitrogens is 2. The monoisotopic (exact) mass is 337 g/mol. The van der Waals surface area contributed by atoms with Gasteiger partial charge in [0, 0.05) is 24.4 Å². The van der Waals surface area contributed by atoms with Gasteiger partial charge >= 0.3 is 0 Å². The van der Waals surface area contributed by atoms with Crippen molar-refractivity contribution in [3.05, 3.63) is 36.2 Å². The smallest absolute Gasteiger partial charge is 0.238 e. The van der Waals surface area contributed by atoms with Crippen LogP contribution < -0.4 is 0 Å². The van der Waals surface area contributed by atoms with Crippen molar-refractivity contribution in [3.63, 3.8) is 0 Å². The summed E-state index contributed by atoms with van der Waals surface area (Å²) in [7, 11) is 0. The lowest BCUT2D eigenvalue weighted by Gasteiger charge is -2.23. The summed E-state index contributed by atoms with van der Waals surface area (Å²) < 4.78 is 11.2. The molecule has 3 heterocycles. The maximum Gasteiger partial charge on any atom is 0.238 e. The van der Waals surface area contributed by atoms with Crippen LogP contribution >= 0.6 is 0 Å². The summed E-state index contributed by atoms with van der Waals surface area (Å²) >= 11 is 0. The molecule has 6 nitrogen and oxygen atoms in total. The molecular formula is C19H19N3O3. The van der Waals surface area contributed by atoms with Gasteiger partial charge in [-0.1, -0.05) is 36.2 Å². The number of nitrogens with zero attached hydrogens (tertiary/aromatic N) is 3. The number of hydrogen-bond donors (Lipinski definition) is 0. The summed E-state index contributed by atoms with van der Waals surface area (Å²) in [6.07, 6.45) is 5.13. The van der Waals surface area contributed by atoms with Crippen LogP contribution in [-0.4, -0.2) is 33.5 Å². The Labute approximate surface area is 144 Å². The fraction of sp³-hybridized carbons (Fsp3) is 0.421. The summed E-state index contributed by atoms with van der Waals surface area (Å²) in [6.45, 7) is 0.686. The molecule has 0 spiro atoms. The number of hydrogen-bond acceptors (Lipinski definition) is 5. The van der Waals surface area contributed by atoms with Crippen molar-refractivity contribution >= 4 is 16.9 Å². The van der Waals surface area contributed by atoms with Crippen molar-refractivity contribution in [2.45, 2.75) is 44.1 Å². The molecule has 25 heavy (non-hydrogen) atoms. The van der Waals surface area contributed by atoms with E-state index in [1.807, 2.05) is 35.2 Å². The van der Waals surface area contributed by atoms with Gasteiger partial charge in [-0.15, -0.1) is 0 Å². The van der Waals surface area contributed by atoms with Crippen molar-refractivity contribution < 1.29 is 13.7 Å². The Balaban J connectivity index is 1.38. The average Bonchev–Trinajstić information content (AvgIpc) is 3.39. The molecule has 2 aromatic heterocycles. The summed E-state index contributed by atoms with van der Waals surface area (Å²) in [4.78, 5) is 18.9. The number of para-hydroxylation sites is 1. The number of carbonyl (C=O) groups excluding carboxylic acids is 1. The third kappa shape index (κ3) is 2.52. The first-order chi connectivity index (χ1) is 12.3. The molecule has 5 rings (SSSR count). The third-order valence-electron chi connectivity index (χ3n) is 5.36. The molecule has 0 unspecified atom stereocenters. The van der Waals surface area contributed by atoms with E-state index in [1.54, 1.807) is 0 Å². The zero-order valence-electron chi connectivity index (χ0n) is 13.9. The second-order valence-electron chi connectivity index (χ2n) is 6.99. The van der Waals surface area contributed by atoms with Gasteiger partial charge in [-0.25, -0.2) is 0 Å². The fourth-order valence-corrected chi connectivity index (χ4v) is 4.06. The van der Waals surface area contributed by atoms with Gasteiger partial charge in [0.25, 0.3) is 0 Å². The quantitative estimate of drug-likeness (QED) is 0.728. The van der Waals surface area contributed by atoms with Crippen molar-refractivity contribution in [1.29, 1.82) is 0 Å². The van der Waals surface area contributed by atoms with Gasteiger partial charge in [0.2, 0.25) is 17.6 Å². The highest BCUT2D eigenvalue weighted by Gasteiger charge is 2.38. The van der Waals surface area contributed by atoms with E-state index in [-0.39, 0.29) is 11.8 Å². The maximum atomic E-state index is 12.4. The van der Waals surface area contributed by atoms with Crippen LogP contribution in [0.5, 0.6) is 0 Å². The van der Waals surface area contributed by atoms with Gasteiger partial charge in [-0.05, 0) is 25.0 Å². The lowest BCUT2D eigenvalue weighted by molar-refractivity contribution is -0.129. The minimum absolute atomic E-state index is 0.0151. The Morgan fingerprint density at radius 2 is 2.00 bits per heavy atom. The molecule has 1 amide bonds. The van der Waals surface area contributed by atoms with E-state index >= 15 is 0 Å². The molecule has 0 radical (unpaired) electrons. The van der Waals surface area contributed by atoms with Crippen LogP contribution in [0.25, 0.3) is 22.6 Å².